The zero-order valence-corrected chi connectivity index (χ0v) is 26.9. The number of carboxylic acids is 1. The number of esters is 1. The zero-order valence-electron chi connectivity index (χ0n) is 26.9. The Morgan fingerprint density at radius 3 is 2.12 bits per heavy atom. The number of nitro groups is 1. The Kier molecular flexibility index (Phi) is 14.0. The number of hydrogen-bond donors (Lipinski definition) is 2. The molecule has 4 rings (SSSR count). The predicted octanol–water partition coefficient (Wildman–Crippen LogP) is 7.06. The highest BCUT2D eigenvalue weighted by atomic mass is 17.2. The van der Waals surface area contributed by atoms with Gasteiger partial charge in [-0.2, -0.15) is 4.89 Å². The average molecular weight is 664 g/mol. The summed E-state index contributed by atoms with van der Waals surface area (Å²) in [6.07, 6.45) is 0. The molecule has 4 aromatic rings. The molecule has 0 unspecified atom stereocenters. The van der Waals surface area contributed by atoms with Crippen molar-refractivity contribution in [3.63, 3.8) is 0 Å². The van der Waals surface area contributed by atoms with Gasteiger partial charge in [0.05, 0.1) is 23.7 Å². The van der Waals surface area contributed by atoms with Crippen LogP contribution in [0.15, 0.2) is 91.0 Å². The van der Waals surface area contributed by atoms with Crippen LogP contribution in [0.2, 0.25) is 0 Å². The van der Waals surface area contributed by atoms with E-state index >= 15 is 0 Å². The first-order chi connectivity index (χ1) is 23.0. The van der Waals surface area contributed by atoms with Crippen LogP contribution in [0.1, 0.15) is 51.3 Å². The summed E-state index contributed by atoms with van der Waals surface area (Å²) in [5.74, 6) is -1.33. The summed E-state index contributed by atoms with van der Waals surface area (Å²) in [7, 11) is 1.61. The second-order valence-electron chi connectivity index (χ2n) is 11.2. The van der Waals surface area contributed by atoms with Gasteiger partial charge in [-0.15, -0.1) is 0 Å². The van der Waals surface area contributed by atoms with Crippen molar-refractivity contribution in [2.24, 2.45) is 5.41 Å². The molecule has 0 aromatic heterocycles. The largest absolute Gasteiger partial charge is 0.493 e. The third-order valence-electron chi connectivity index (χ3n) is 6.70. The molecule has 0 atom stereocenters. The number of hydrogen-bond acceptors (Lipinski definition) is 11. The van der Waals surface area contributed by atoms with Gasteiger partial charge in [-0.3, -0.25) is 15.4 Å². The summed E-state index contributed by atoms with van der Waals surface area (Å²) in [6, 6.07) is 24.4. The number of carboxylic acid groups (broad SMARTS) is 1. The molecule has 2 N–H and O–H groups in total. The van der Waals surface area contributed by atoms with Crippen molar-refractivity contribution in [1.82, 2.24) is 0 Å². The molecule has 0 bridgehead atoms. The van der Waals surface area contributed by atoms with E-state index in [1.807, 2.05) is 69.3 Å². The van der Waals surface area contributed by atoms with Gasteiger partial charge in [0.2, 0.25) is 0 Å². The van der Waals surface area contributed by atoms with E-state index in [0.29, 0.717) is 31.3 Å². The van der Waals surface area contributed by atoms with Gasteiger partial charge >= 0.3 is 11.9 Å². The van der Waals surface area contributed by atoms with Crippen molar-refractivity contribution in [2.75, 3.05) is 20.3 Å². The normalized spacial score (nSPS) is 10.8. The van der Waals surface area contributed by atoms with Crippen LogP contribution >= 0.6 is 0 Å². The lowest BCUT2D eigenvalue weighted by Gasteiger charge is -2.23. The Bertz CT molecular complexity index is 1620. The predicted molar refractivity (Wildman–Crippen MR) is 173 cm³/mol. The first kappa shape index (κ1) is 37.1. The molecule has 0 heterocycles. The number of aromatic carboxylic acids is 1. The Morgan fingerprint density at radius 1 is 0.833 bits per heavy atom. The molecule has 0 aliphatic carbocycles. The van der Waals surface area contributed by atoms with Gasteiger partial charge in [0, 0.05) is 18.6 Å². The van der Waals surface area contributed by atoms with E-state index in [1.165, 1.54) is 18.2 Å². The average Bonchev–Trinajstić information content (AvgIpc) is 3.06. The molecule has 13 nitrogen and oxygen atoms in total. The highest BCUT2D eigenvalue weighted by Crippen LogP contribution is 2.26. The minimum absolute atomic E-state index is 0.0907. The molecule has 0 saturated heterocycles. The maximum Gasteiger partial charge on any atom is 0.351 e. The van der Waals surface area contributed by atoms with Crippen LogP contribution in [-0.2, 0) is 27.7 Å². The minimum Gasteiger partial charge on any atom is -0.493 e. The number of benzene rings is 4. The van der Waals surface area contributed by atoms with Crippen LogP contribution < -0.4 is 14.4 Å². The van der Waals surface area contributed by atoms with Gasteiger partial charge in [-0.05, 0) is 66.1 Å². The molecule has 0 radical (unpaired) electrons. The van der Waals surface area contributed by atoms with Gasteiger partial charge in [0.15, 0.2) is 11.3 Å². The molecule has 0 amide bonds. The lowest BCUT2D eigenvalue weighted by atomic mass is 9.96. The van der Waals surface area contributed by atoms with E-state index in [4.69, 9.17) is 29.2 Å². The number of rotatable bonds is 15. The second-order valence-corrected chi connectivity index (χ2v) is 11.2. The number of aryl methyl sites for hydroxylation is 1. The maximum absolute atomic E-state index is 12.4. The van der Waals surface area contributed by atoms with E-state index in [2.05, 4.69) is 4.89 Å². The fraction of sp³-hybridized carbons (Fsp3) is 0.257. The lowest BCUT2D eigenvalue weighted by Crippen LogP contribution is -2.26. The molecule has 0 aliphatic heterocycles. The van der Waals surface area contributed by atoms with Crippen molar-refractivity contribution in [2.45, 2.75) is 34.0 Å². The molecule has 13 heteroatoms. The molecule has 0 spiro atoms. The first-order valence-electron chi connectivity index (χ1n) is 14.6. The third-order valence-corrected chi connectivity index (χ3v) is 6.70. The fourth-order valence-electron chi connectivity index (χ4n) is 4.36. The van der Waals surface area contributed by atoms with Gasteiger partial charge in [0.25, 0.3) is 5.69 Å². The molecular formula is C35H37NO12. The number of nitrogens with zero attached hydrogens (tertiary/aromatic N) is 1. The zero-order chi connectivity index (χ0) is 35.1. The topological polar surface area (TPSA) is 173 Å². The number of carbonyl (C=O) groups is 2. The highest BCUT2D eigenvalue weighted by molar-refractivity contribution is 6.06. The number of nitro benzene ring substituents is 1. The Labute approximate surface area is 277 Å². The van der Waals surface area contributed by atoms with Crippen LogP contribution in [0.4, 0.5) is 5.69 Å². The summed E-state index contributed by atoms with van der Waals surface area (Å²) in [5.41, 5.74) is 0.920. The van der Waals surface area contributed by atoms with Crippen molar-refractivity contribution >= 4 is 17.6 Å². The number of ether oxygens (including phenoxy) is 3. The molecule has 0 saturated carbocycles. The van der Waals surface area contributed by atoms with Crippen LogP contribution in [0, 0.1) is 22.5 Å². The highest BCUT2D eigenvalue weighted by Gasteiger charge is 2.29. The molecule has 0 aliphatic rings. The van der Waals surface area contributed by atoms with Crippen molar-refractivity contribution < 1.29 is 53.7 Å². The molecule has 0 fully saturated rings. The van der Waals surface area contributed by atoms with Gasteiger partial charge in [0.1, 0.15) is 24.7 Å². The van der Waals surface area contributed by atoms with E-state index in [0.717, 1.165) is 28.8 Å². The summed E-state index contributed by atoms with van der Waals surface area (Å²) in [6.45, 7) is 7.29. The van der Waals surface area contributed by atoms with Crippen molar-refractivity contribution in [3.8, 4) is 17.2 Å². The Morgan fingerprint density at radius 2 is 1.50 bits per heavy atom. The molecular weight excluding hydrogens is 626 g/mol. The quantitative estimate of drug-likeness (QED) is 0.0436. The molecule has 4 aromatic carbocycles. The summed E-state index contributed by atoms with van der Waals surface area (Å²) in [4.78, 5) is 48.8. The number of para-hydroxylation sites is 1. The monoisotopic (exact) mass is 663 g/mol. The van der Waals surface area contributed by atoms with Gasteiger partial charge in [-0.1, -0.05) is 56.3 Å². The lowest BCUT2D eigenvalue weighted by molar-refractivity contribution is -0.385. The van der Waals surface area contributed by atoms with E-state index < -0.39 is 33.7 Å². The summed E-state index contributed by atoms with van der Waals surface area (Å²) >= 11 is 0. The van der Waals surface area contributed by atoms with E-state index in [9.17, 15) is 24.8 Å². The Balaban J connectivity index is 0.000000284. The molecule has 254 valence electrons. The number of carbonyl (C=O) groups excluding carboxylic acids is 1. The van der Waals surface area contributed by atoms with Crippen LogP contribution in [0.25, 0.3) is 0 Å². The van der Waals surface area contributed by atoms with Crippen LogP contribution in [0.5, 0.6) is 17.2 Å². The maximum atomic E-state index is 12.4. The van der Waals surface area contributed by atoms with Crippen molar-refractivity contribution in [3.05, 3.63) is 129 Å². The standard InChI is InChI=1S/C20H21NO8.C15H16O4/c1-20(2,11-27-3)12-28-13-7-9-14(10-8-13)29-19(24)17-15(18(22)23)5-4-6-16(17)21(25)26;1-12-6-5-7-13(10-17-16)15(12)11-18-19-14-8-3-2-4-9-14/h4-10H,11-12H2,1-3H3,(H,22,23);2-9,16H,10-11H2,1H3. The smallest absolute Gasteiger partial charge is 0.351 e. The van der Waals surface area contributed by atoms with E-state index in [-0.39, 0.29) is 17.8 Å². The van der Waals surface area contributed by atoms with Gasteiger partial charge in [-0.25, -0.2) is 14.5 Å². The fourth-order valence-corrected chi connectivity index (χ4v) is 4.36. The molecule has 48 heavy (non-hydrogen) atoms. The summed E-state index contributed by atoms with van der Waals surface area (Å²) < 4.78 is 15.9. The van der Waals surface area contributed by atoms with E-state index in [1.54, 1.807) is 19.2 Å². The minimum atomic E-state index is -1.47. The van der Waals surface area contributed by atoms with Gasteiger partial charge < -0.3 is 24.2 Å². The SMILES string of the molecule is COCC(C)(C)COc1ccc(OC(=O)c2c(C(=O)O)cccc2[N+](=O)[O-])cc1.Cc1cccc(COO)c1COOc1ccccc1. The van der Waals surface area contributed by atoms with Crippen molar-refractivity contribution in [1.29, 1.82) is 0 Å². The second kappa shape index (κ2) is 18.1. The third kappa shape index (κ3) is 11.2. The summed E-state index contributed by atoms with van der Waals surface area (Å²) in [5, 5.41) is 29.0. The van der Waals surface area contributed by atoms with Crippen LogP contribution in [0.3, 0.4) is 0 Å². The number of methoxy groups -OCH3 is 1. The Hall–Kier alpha value is -5.34. The first-order valence-corrected chi connectivity index (χ1v) is 14.6. The van der Waals surface area contributed by atoms with Crippen LogP contribution in [-0.4, -0.2) is 47.5 Å².